The van der Waals surface area contributed by atoms with Crippen LogP contribution in [0.1, 0.15) is 41.3 Å². The lowest BCUT2D eigenvalue weighted by Gasteiger charge is -2.24. The third-order valence-corrected chi connectivity index (χ3v) is 3.76. The summed E-state index contributed by atoms with van der Waals surface area (Å²) in [4.78, 5) is 23.4. The molecule has 122 valence electrons. The van der Waals surface area contributed by atoms with Crippen LogP contribution in [0.3, 0.4) is 0 Å². The van der Waals surface area contributed by atoms with Gasteiger partial charge in [-0.25, -0.2) is 9.18 Å². The third kappa shape index (κ3) is 3.59. The van der Waals surface area contributed by atoms with Crippen LogP contribution in [-0.2, 0) is 16.8 Å². The highest BCUT2D eigenvalue weighted by Gasteiger charge is 2.29. The largest absolute Gasteiger partial charge is 0.478 e. The maximum Gasteiger partial charge on any atom is 0.339 e. The number of aryl methyl sites for hydroxylation is 1. The van der Waals surface area contributed by atoms with E-state index in [-0.39, 0.29) is 23.8 Å². The quantitative estimate of drug-likeness (QED) is 0.888. The van der Waals surface area contributed by atoms with Crippen LogP contribution in [0.5, 0.6) is 0 Å². The highest BCUT2D eigenvalue weighted by Crippen LogP contribution is 2.24. The molecular formula is C17H18FNO4. The number of hydrogen-bond donors (Lipinski definition) is 2. The van der Waals surface area contributed by atoms with Crippen LogP contribution in [0.4, 0.5) is 4.39 Å². The monoisotopic (exact) mass is 319 g/mol. The molecule has 0 atom stereocenters. The number of furan rings is 1. The Kier molecular flexibility index (Phi) is 4.54. The Hall–Kier alpha value is -2.63. The molecule has 1 aromatic heterocycles. The first-order valence-corrected chi connectivity index (χ1v) is 7.08. The minimum Gasteiger partial charge on any atom is -0.478 e. The molecule has 0 saturated carbocycles. The molecule has 0 spiro atoms. The van der Waals surface area contributed by atoms with Crippen LogP contribution in [-0.4, -0.2) is 17.0 Å². The molecule has 6 heteroatoms. The summed E-state index contributed by atoms with van der Waals surface area (Å²) in [5, 5.41) is 11.7. The van der Waals surface area contributed by atoms with Crippen LogP contribution in [0, 0.1) is 12.7 Å². The first-order chi connectivity index (χ1) is 10.7. The van der Waals surface area contributed by atoms with Crippen molar-refractivity contribution in [2.45, 2.75) is 32.7 Å². The minimum absolute atomic E-state index is 0.0760. The number of carboxylic acid groups (broad SMARTS) is 1. The fourth-order valence-electron chi connectivity index (χ4n) is 2.23. The van der Waals surface area contributed by atoms with Crippen LogP contribution >= 0.6 is 0 Å². The number of carbonyl (C=O) groups excluding carboxylic acids is 1. The molecule has 5 nitrogen and oxygen atoms in total. The maximum atomic E-state index is 13.0. The van der Waals surface area contributed by atoms with Crippen molar-refractivity contribution in [1.82, 2.24) is 5.32 Å². The molecule has 2 aromatic rings. The third-order valence-electron chi connectivity index (χ3n) is 3.76. The Balaban J connectivity index is 2.08. The summed E-state index contributed by atoms with van der Waals surface area (Å²) in [6.45, 7) is 5.09. The van der Waals surface area contributed by atoms with Gasteiger partial charge in [-0.2, -0.15) is 0 Å². The SMILES string of the molecule is Cc1oc(CNC(=O)C(C)(C)c2ccc(F)cc2)cc1C(=O)O. The van der Waals surface area contributed by atoms with E-state index in [1.807, 2.05) is 0 Å². The van der Waals surface area contributed by atoms with Gasteiger partial charge in [-0.15, -0.1) is 0 Å². The molecule has 0 radical (unpaired) electrons. The summed E-state index contributed by atoms with van der Waals surface area (Å²) in [5.41, 5.74) is -0.101. The molecule has 2 rings (SSSR count). The number of benzene rings is 1. The smallest absolute Gasteiger partial charge is 0.339 e. The summed E-state index contributed by atoms with van der Waals surface area (Å²) in [6.07, 6.45) is 0. The summed E-state index contributed by atoms with van der Waals surface area (Å²) in [6, 6.07) is 7.13. The molecule has 0 aliphatic heterocycles. The molecule has 1 aromatic carbocycles. The highest BCUT2D eigenvalue weighted by atomic mass is 19.1. The average molecular weight is 319 g/mol. The normalized spacial score (nSPS) is 11.3. The van der Waals surface area contributed by atoms with E-state index in [9.17, 15) is 14.0 Å². The first kappa shape index (κ1) is 16.7. The van der Waals surface area contributed by atoms with Gasteiger partial charge in [0.05, 0.1) is 12.0 Å². The van der Waals surface area contributed by atoms with E-state index < -0.39 is 11.4 Å². The number of halogens is 1. The van der Waals surface area contributed by atoms with Crippen molar-refractivity contribution < 1.29 is 23.5 Å². The number of rotatable bonds is 5. The molecule has 0 aliphatic carbocycles. The van der Waals surface area contributed by atoms with E-state index in [2.05, 4.69) is 5.32 Å². The van der Waals surface area contributed by atoms with Gasteiger partial charge in [0.1, 0.15) is 22.9 Å². The molecule has 0 bridgehead atoms. The fourth-order valence-corrected chi connectivity index (χ4v) is 2.23. The second-order valence-electron chi connectivity index (χ2n) is 5.80. The van der Waals surface area contributed by atoms with Crippen molar-refractivity contribution in [3.05, 3.63) is 58.8 Å². The lowest BCUT2D eigenvalue weighted by molar-refractivity contribution is -0.125. The lowest BCUT2D eigenvalue weighted by Crippen LogP contribution is -2.39. The summed E-state index contributed by atoms with van der Waals surface area (Å²) >= 11 is 0. The van der Waals surface area contributed by atoms with Crippen LogP contribution in [0.2, 0.25) is 0 Å². The maximum absolute atomic E-state index is 13.0. The van der Waals surface area contributed by atoms with E-state index in [1.165, 1.54) is 18.2 Å². The summed E-state index contributed by atoms with van der Waals surface area (Å²) in [7, 11) is 0. The number of aromatic carboxylic acids is 1. The lowest BCUT2D eigenvalue weighted by atomic mass is 9.83. The van der Waals surface area contributed by atoms with Gasteiger partial charge in [0.2, 0.25) is 5.91 Å². The van der Waals surface area contributed by atoms with Crippen molar-refractivity contribution >= 4 is 11.9 Å². The van der Waals surface area contributed by atoms with Crippen molar-refractivity contribution in [2.75, 3.05) is 0 Å². The first-order valence-electron chi connectivity index (χ1n) is 7.08. The second-order valence-corrected chi connectivity index (χ2v) is 5.80. The number of amides is 1. The Morgan fingerprint density at radius 1 is 1.26 bits per heavy atom. The van der Waals surface area contributed by atoms with Crippen LogP contribution in [0.15, 0.2) is 34.7 Å². The van der Waals surface area contributed by atoms with E-state index in [1.54, 1.807) is 32.9 Å². The average Bonchev–Trinajstić information content (AvgIpc) is 2.86. The Morgan fingerprint density at radius 2 is 1.87 bits per heavy atom. The molecule has 0 saturated heterocycles. The topological polar surface area (TPSA) is 79.5 Å². The van der Waals surface area contributed by atoms with Crippen molar-refractivity contribution in [3.63, 3.8) is 0 Å². The standard InChI is InChI=1S/C17H18FNO4/c1-10-14(15(20)21)8-13(23-10)9-19-16(22)17(2,3)11-4-6-12(18)7-5-11/h4-8H,9H2,1-3H3,(H,19,22)(H,20,21). The van der Waals surface area contributed by atoms with E-state index in [4.69, 9.17) is 9.52 Å². The number of carbonyl (C=O) groups is 2. The van der Waals surface area contributed by atoms with Crippen molar-refractivity contribution in [2.24, 2.45) is 0 Å². The zero-order chi connectivity index (χ0) is 17.2. The van der Waals surface area contributed by atoms with Crippen LogP contribution < -0.4 is 5.32 Å². The molecular weight excluding hydrogens is 301 g/mol. The minimum atomic E-state index is -1.07. The number of nitrogens with one attached hydrogen (secondary N) is 1. The van der Waals surface area contributed by atoms with Gasteiger partial charge in [-0.3, -0.25) is 4.79 Å². The molecule has 0 unspecified atom stereocenters. The van der Waals surface area contributed by atoms with Gasteiger partial charge in [-0.05, 0) is 44.5 Å². The van der Waals surface area contributed by atoms with Crippen molar-refractivity contribution in [1.29, 1.82) is 0 Å². The highest BCUT2D eigenvalue weighted by molar-refractivity contribution is 5.89. The van der Waals surface area contributed by atoms with Gasteiger partial charge in [0.25, 0.3) is 0 Å². The predicted octanol–water partition coefficient (Wildman–Crippen LogP) is 3.02. The predicted molar refractivity (Wildman–Crippen MR) is 81.7 cm³/mol. The van der Waals surface area contributed by atoms with E-state index in [0.29, 0.717) is 17.1 Å². The molecule has 0 aliphatic rings. The fraction of sp³-hybridized carbons (Fsp3) is 0.294. The van der Waals surface area contributed by atoms with Crippen LogP contribution in [0.25, 0.3) is 0 Å². The Labute approximate surface area is 133 Å². The van der Waals surface area contributed by atoms with Gasteiger partial charge < -0.3 is 14.8 Å². The number of hydrogen-bond acceptors (Lipinski definition) is 3. The molecule has 0 fully saturated rings. The molecule has 2 N–H and O–H groups in total. The van der Waals surface area contributed by atoms with Crippen molar-refractivity contribution in [3.8, 4) is 0 Å². The van der Waals surface area contributed by atoms with E-state index >= 15 is 0 Å². The molecule has 1 heterocycles. The zero-order valence-corrected chi connectivity index (χ0v) is 13.1. The Bertz CT molecular complexity index is 732. The molecule has 1 amide bonds. The van der Waals surface area contributed by atoms with Gasteiger partial charge >= 0.3 is 5.97 Å². The number of carboxylic acids is 1. The van der Waals surface area contributed by atoms with Gasteiger partial charge in [-0.1, -0.05) is 12.1 Å². The Morgan fingerprint density at radius 3 is 2.39 bits per heavy atom. The van der Waals surface area contributed by atoms with Gasteiger partial charge in [0.15, 0.2) is 0 Å². The van der Waals surface area contributed by atoms with E-state index in [0.717, 1.165) is 0 Å². The summed E-state index contributed by atoms with van der Waals surface area (Å²) in [5.74, 6) is -1.05. The second kappa shape index (κ2) is 6.24. The molecule has 23 heavy (non-hydrogen) atoms. The summed E-state index contributed by atoms with van der Waals surface area (Å²) < 4.78 is 18.3. The van der Waals surface area contributed by atoms with Gasteiger partial charge in [0, 0.05) is 0 Å². The zero-order valence-electron chi connectivity index (χ0n) is 13.1.